The van der Waals surface area contributed by atoms with Gasteiger partial charge in [-0.1, -0.05) is 9.15 Å². The van der Waals surface area contributed by atoms with Crippen molar-refractivity contribution >= 4 is 46.5 Å². The molecule has 2 aromatic rings. The van der Waals surface area contributed by atoms with Gasteiger partial charge in [0.25, 0.3) is 0 Å². The van der Waals surface area contributed by atoms with Gasteiger partial charge in [0.2, 0.25) is 22.9 Å². The van der Waals surface area contributed by atoms with Crippen LogP contribution in [-0.4, -0.2) is 48.4 Å². The van der Waals surface area contributed by atoms with Crippen molar-refractivity contribution < 1.29 is 23.5 Å². The van der Waals surface area contributed by atoms with E-state index in [9.17, 15) is 9.59 Å². The molecule has 1 aliphatic carbocycles. The van der Waals surface area contributed by atoms with E-state index in [2.05, 4.69) is 64.2 Å². The van der Waals surface area contributed by atoms with Gasteiger partial charge >= 0.3 is 5.91 Å². The lowest BCUT2D eigenvalue weighted by molar-refractivity contribution is -0.838. The second-order valence-corrected chi connectivity index (χ2v) is 12.8. The van der Waals surface area contributed by atoms with E-state index >= 15 is 0 Å². The van der Waals surface area contributed by atoms with Crippen molar-refractivity contribution in [2.24, 2.45) is 10.8 Å². The standard InChI is InChI=1S/C30H28N4O3/c1-14(35)17-7-15-9-23-28(2,3)12-20-18-11-22(36)19-8-16-10-24-29(4,5)13-21-27(37-6)26(17)32(15)30(33(20)23,34(21)24)31(16)25(18)19/h7-10H,11-13H2,1-6H3/q+2/t30-/m0/s1. The van der Waals surface area contributed by atoms with E-state index in [0.29, 0.717) is 12.0 Å². The van der Waals surface area contributed by atoms with Gasteiger partial charge < -0.3 is 4.74 Å². The first kappa shape index (κ1) is 20.3. The highest BCUT2D eigenvalue weighted by atomic mass is 16.5. The van der Waals surface area contributed by atoms with Gasteiger partial charge in [-0.05, 0) is 46.8 Å². The maximum absolute atomic E-state index is 13.4. The van der Waals surface area contributed by atoms with Crippen LogP contribution < -0.4 is 10.7 Å². The molecule has 184 valence electrons. The molecule has 0 unspecified atom stereocenters. The molecule has 0 fully saturated rings. The van der Waals surface area contributed by atoms with Gasteiger partial charge in [0.15, 0.2) is 17.3 Å². The van der Waals surface area contributed by atoms with Crippen molar-refractivity contribution in [2.75, 3.05) is 7.11 Å². The van der Waals surface area contributed by atoms with E-state index in [-0.39, 0.29) is 22.4 Å². The van der Waals surface area contributed by atoms with Gasteiger partial charge in [0.05, 0.1) is 46.7 Å². The summed E-state index contributed by atoms with van der Waals surface area (Å²) in [5, 5.41) is 1.84. The van der Waals surface area contributed by atoms with Crippen LogP contribution in [0.2, 0.25) is 0 Å². The summed E-state index contributed by atoms with van der Waals surface area (Å²) in [6, 6.07) is 4.15. The van der Waals surface area contributed by atoms with Crippen LogP contribution in [0.5, 0.6) is 0 Å². The Morgan fingerprint density at radius 2 is 1.81 bits per heavy atom. The maximum Gasteiger partial charge on any atom is 0.553 e. The average molecular weight is 493 g/mol. The Bertz CT molecular complexity index is 1930. The molecule has 0 amide bonds. The van der Waals surface area contributed by atoms with Crippen LogP contribution in [0.3, 0.4) is 0 Å². The van der Waals surface area contributed by atoms with Crippen LogP contribution in [0.4, 0.5) is 0 Å². The summed E-state index contributed by atoms with van der Waals surface area (Å²) < 4.78 is 15.9. The van der Waals surface area contributed by atoms with Gasteiger partial charge in [-0.2, -0.15) is 9.13 Å². The maximum atomic E-state index is 13.4. The van der Waals surface area contributed by atoms with Crippen LogP contribution in [0.25, 0.3) is 23.5 Å². The topological polar surface area (TPSA) is 59.2 Å². The molecule has 0 aromatic carbocycles. The normalized spacial score (nSPS) is 27.6. The summed E-state index contributed by atoms with van der Waals surface area (Å²) in [7, 11) is 1.72. The molecular formula is C30H28N4O3+2. The van der Waals surface area contributed by atoms with Crippen LogP contribution >= 0.6 is 0 Å². The van der Waals surface area contributed by atoms with Gasteiger partial charge in [0, 0.05) is 36.1 Å². The highest BCUT2D eigenvalue weighted by molar-refractivity contribution is 6.18. The summed E-state index contributed by atoms with van der Waals surface area (Å²) in [5.74, 6) is 0.190. The Hall–Kier alpha value is -3.74. The lowest BCUT2D eigenvalue weighted by Crippen LogP contribution is -2.70. The minimum absolute atomic E-state index is 0.0268. The van der Waals surface area contributed by atoms with E-state index in [1.54, 1.807) is 14.0 Å². The molecule has 9 rings (SSSR count). The number of aromatic nitrogens is 2. The van der Waals surface area contributed by atoms with Gasteiger partial charge in [-0.15, -0.1) is 0 Å². The molecule has 37 heavy (non-hydrogen) atoms. The number of nitrogens with zero attached hydrogens (tertiary/aromatic N) is 4. The number of carbonyl (C=O) groups is 2. The van der Waals surface area contributed by atoms with E-state index in [1.807, 2.05) is 6.07 Å². The summed E-state index contributed by atoms with van der Waals surface area (Å²) in [6.45, 7) is 10.8. The highest BCUT2D eigenvalue weighted by Gasteiger charge is 2.76. The average Bonchev–Trinajstić information content (AvgIpc) is 3.58. The molecule has 8 heterocycles. The minimum Gasteiger partial charge on any atom is -0.489 e. The zero-order valence-electron chi connectivity index (χ0n) is 21.9. The molecule has 0 saturated carbocycles. The highest BCUT2D eigenvalue weighted by Crippen LogP contribution is 2.58. The van der Waals surface area contributed by atoms with Crippen LogP contribution in [0.15, 0.2) is 23.5 Å². The van der Waals surface area contributed by atoms with E-state index in [4.69, 9.17) is 4.74 Å². The third kappa shape index (κ3) is 1.80. The minimum atomic E-state index is -0.808. The van der Waals surface area contributed by atoms with Crippen LogP contribution in [0, 0.1) is 10.8 Å². The van der Waals surface area contributed by atoms with Crippen molar-refractivity contribution in [1.29, 1.82) is 0 Å². The van der Waals surface area contributed by atoms with Crippen molar-refractivity contribution in [3.05, 3.63) is 56.7 Å². The quantitative estimate of drug-likeness (QED) is 0.479. The lowest BCUT2D eigenvalue weighted by Gasteiger charge is -2.39. The number of rotatable bonds is 2. The van der Waals surface area contributed by atoms with Crippen LogP contribution in [0.1, 0.15) is 86.0 Å². The Balaban J connectivity index is 1.63. The van der Waals surface area contributed by atoms with Gasteiger partial charge in [0.1, 0.15) is 5.35 Å². The monoisotopic (exact) mass is 492 g/mol. The third-order valence-corrected chi connectivity index (χ3v) is 9.79. The van der Waals surface area contributed by atoms with E-state index in [0.717, 1.165) is 57.5 Å². The third-order valence-electron chi connectivity index (χ3n) is 9.79. The Morgan fingerprint density at radius 1 is 1.03 bits per heavy atom. The molecular weight excluding hydrogens is 464 g/mol. The fraction of sp³-hybridized carbons (Fsp3) is 0.400. The zero-order valence-corrected chi connectivity index (χ0v) is 21.9. The second-order valence-electron chi connectivity index (χ2n) is 12.8. The fourth-order valence-corrected chi connectivity index (χ4v) is 8.43. The molecule has 0 bridgehead atoms. The van der Waals surface area contributed by atoms with E-state index in [1.165, 1.54) is 17.1 Å². The molecule has 7 heteroatoms. The summed E-state index contributed by atoms with van der Waals surface area (Å²) >= 11 is 0. The first-order valence-electron chi connectivity index (χ1n) is 13.1. The van der Waals surface area contributed by atoms with Crippen molar-refractivity contribution in [3.63, 3.8) is 0 Å². The SMILES string of the molecule is COC1=c2c(C(C)=O)cc3n2[C@@]24n5c(cc6c5C(=C5CC(C)(C)C(=[N+]52)C=3)CC6=O)C=C2[N+]4=C1CC2(C)C. The smallest absolute Gasteiger partial charge is 0.489 e. The number of hydrogen-bond donors (Lipinski definition) is 0. The summed E-state index contributed by atoms with van der Waals surface area (Å²) in [5.41, 5.74) is 9.30. The molecule has 0 N–H and O–H groups in total. The lowest BCUT2D eigenvalue weighted by atomic mass is 9.84. The number of hydrogen-bond acceptors (Lipinski definition) is 3. The van der Waals surface area contributed by atoms with Gasteiger partial charge in [-0.3, -0.25) is 9.59 Å². The van der Waals surface area contributed by atoms with Crippen molar-refractivity contribution in [1.82, 2.24) is 9.13 Å². The van der Waals surface area contributed by atoms with E-state index < -0.39 is 5.91 Å². The second kappa shape index (κ2) is 5.42. The summed E-state index contributed by atoms with van der Waals surface area (Å²) in [6.07, 6.45) is 6.66. The number of allylic oxidation sites excluding steroid dienone is 3. The predicted octanol–water partition coefficient (Wildman–Crippen LogP) is 2.60. The molecule has 7 nitrogen and oxygen atoms in total. The Kier molecular flexibility index (Phi) is 2.98. The van der Waals surface area contributed by atoms with Crippen molar-refractivity contribution in [2.45, 2.75) is 59.8 Å². The molecule has 1 spiro atoms. The zero-order chi connectivity index (χ0) is 25.5. The Labute approximate surface area is 213 Å². The molecule has 1 atom stereocenters. The van der Waals surface area contributed by atoms with Gasteiger partial charge in [-0.25, -0.2) is 0 Å². The number of Topliss-reactive ketones (excluding diaryl/α,β-unsaturated/α-hetero) is 2. The molecule has 6 aliphatic heterocycles. The molecule has 0 saturated heterocycles. The largest absolute Gasteiger partial charge is 0.553 e. The molecule has 2 aromatic heterocycles. The predicted molar refractivity (Wildman–Crippen MR) is 138 cm³/mol. The molecule has 7 aliphatic rings. The fourth-order valence-electron chi connectivity index (χ4n) is 8.43. The first-order valence-corrected chi connectivity index (χ1v) is 13.1. The van der Waals surface area contributed by atoms with Crippen molar-refractivity contribution in [3.8, 4) is 0 Å². The number of methoxy groups -OCH3 is 1. The number of ether oxygens (including phenoxy) is 1. The number of ketones is 2. The molecule has 0 radical (unpaired) electrons. The summed E-state index contributed by atoms with van der Waals surface area (Å²) in [4.78, 5) is 26.5. The Morgan fingerprint density at radius 3 is 2.54 bits per heavy atom. The number of carbonyl (C=O) groups excluding carboxylic acids is 2. The van der Waals surface area contributed by atoms with Crippen LogP contribution in [-0.2, 0) is 10.6 Å². The first-order chi connectivity index (χ1) is 17.5.